The maximum Gasteiger partial charge on any atom is 0.234 e. The molecule has 0 heterocycles. The first kappa shape index (κ1) is 11.6. The number of carbonyl (C=O) groups is 1. The van der Waals surface area contributed by atoms with E-state index in [1.54, 1.807) is 0 Å². The van der Waals surface area contributed by atoms with E-state index in [0.717, 1.165) is 19.3 Å². The van der Waals surface area contributed by atoms with Gasteiger partial charge in [-0.05, 0) is 32.1 Å². The molecular formula is C13H22N2O. The molecular weight excluding hydrogens is 200 g/mol. The van der Waals surface area contributed by atoms with Crippen LogP contribution in [0.2, 0.25) is 0 Å². The third kappa shape index (κ3) is 3.63. The maximum absolute atomic E-state index is 11.7. The average molecular weight is 222 g/mol. The molecule has 2 aliphatic carbocycles. The van der Waals surface area contributed by atoms with Gasteiger partial charge in [-0.1, -0.05) is 25.0 Å². The fourth-order valence-electron chi connectivity index (χ4n) is 2.57. The van der Waals surface area contributed by atoms with E-state index in [1.807, 2.05) is 0 Å². The zero-order valence-electron chi connectivity index (χ0n) is 9.87. The van der Waals surface area contributed by atoms with Crippen molar-refractivity contribution in [2.75, 3.05) is 6.54 Å². The van der Waals surface area contributed by atoms with E-state index in [1.165, 1.54) is 25.7 Å². The Labute approximate surface area is 97.7 Å². The highest BCUT2D eigenvalue weighted by molar-refractivity contribution is 5.78. The lowest BCUT2D eigenvalue weighted by molar-refractivity contribution is -0.121. The van der Waals surface area contributed by atoms with Crippen LogP contribution in [-0.2, 0) is 4.79 Å². The molecule has 0 radical (unpaired) electrons. The summed E-state index contributed by atoms with van der Waals surface area (Å²) in [5.41, 5.74) is 0. The summed E-state index contributed by atoms with van der Waals surface area (Å²) in [6.45, 7) is 0.491. The summed E-state index contributed by atoms with van der Waals surface area (Å²) < 4.78 is 0. The topological polar surface area (TPSA) is 41.1 Å². The number of rotatable bonds is 4. The maximum atomic E-state index is 11.7. The molecule has 16 heavy (non-hydrogen) atoms. The van der Waals surface area contributed by atoms with Crippen molar-refractivity contribution >= 4 is 5.91 Å². The second-order valence-electron chi connectivity index (χ2n) is 4.91. The Hall–Kier alpha value is -0.830. The predicted octanol–water partition coefficient (Wildman–Crippen LogP) is 1.74. The van der Waals surface area contributed by atoms with Crippen LogP contribution >= 0.6 is 0 Å². The number of amides is 1. The van der Waals surface area contributed by atoms with Crippen molar-refractivity contribution in [3.05, 3.63) is 12.2 Å². The Balaban J connectivity index is 1.61. The van der Waals surface area contributed by atoms with Crippen molar-refractivity contribution in [1.82, 2.24) is 10.6 Å². The molecule has 0 aromatic heterocycles. The normalized spacial score (nSPS) is 25.9. The van der Waals surface area contributed by atoms with Gasteiger partial charge in [-0.3, -0.25) is 4.79 Å². The summed E-state index contributed by atoms with van der Waals surface area (Å²) in [6.07, 6.45) is 12.6. The summed E-state index contributed by atoms with van der Waals surface area (Å²) in [7, 11) is 0. The average Bonchev–Trinajstić information content (AvgIpc) is 2.81. The van der Waals surface area contributed by atoms with Gasteiger partial charge in [0, 0.05) is 12.1 Å². The van der Waals surface area contributed by atoms with E-state index in [2.05, 4.69) is 22.8 Å². The third-order valence-corrected chi connectivity index (χ3v) is 3.54. The summed E-state index contributed by atoms with van der Waals surface area (Å²) in [5, 5.41) is 6.43. The van der Waals surface area contributed by atoms with Gasteiger partial charge in [0.25, 0.3) is 0 Å². The van der Waals surface area contributed by atoms with Crippen molar-refractivity contribution in [1.29, 1.82) is 0 Å². The molecule has 0 aromatic carbocycles. The monoisotopic (exact) mass is 222 g/mol. The Morgan fingerprint density at radius 3 is 2.62 bits per heavy atom. The molecule has 90 valence electrons. The molecule has 0 bridgehead atoms. The Morgan fingerprint density at radius 2 is 1.94 bits per heavy atom. The van der Waals surface area contributed by atoms with Gasteiger partial charge in [0.2, 0.25) is 5.91 Å². The predicted molar refractivity (Wildman–Crippen MR) is 65.2 cm³/mol. The largest absolute Gasteiger partial charge is 0.352 e. The van der Waals surface area contributed by atoms with Crippen LogP contribution in [-0.4, -0.2) is 24.5 Å². The van der Waals surface area contributed by atoms with Crippen LogP contribution < -0.4 is 10.6 Å². The van der Waals surface area contributed by atoms with E-state index >= 15 is 0 Å². The van der Waals surface area contributed by atoms with Crippen LogP contribution in [0.25, 0.3) is 0 Å². The Bertz CT molecular complexity index is 257. The van der Waals surface area contributed by atoms with E-state index in [4.69, 9.17) is 0 Å². The number of nitrogens with one attached hydrogen (secondary N) is 2. The first-order valence-corrected chi connectivity index (χ1v) is 6.52. The molecule has 1 atom stereocenters. The van der Waals surface area contributed by atoms with Gasteiger partial charge in [-0.15, -0.1) is 0 Å². The molecule has 1 unspecified atom stereocenters. The van der Waals surface area contributed by atoms with Crippen molar-refractivity contribution in [3.8, 4) is 0 Å². The minimum absolute atomic E-state index is 0.159. The van der Waals surface area contributed by atoms with Crippen LogP contribution in [0, 0.1) is 0 Å². The highest BCUT2D eigenvalue weighted by Gasteiger charge is 2.17. The summed E-state index contributed by atoms with van der Waals surface area (Å²) in [4.78, 5) is 11.7. The molecule has 0 aromatic rings. The lowest BCUT2D eigenvalue weighted by Crippen LogP contribution is -2.42. The Kier molecular flexibility index (Phi) is 4.40. The highest BCUT2D eigenvalue weighted by Crippen LogP contribution is 2.17. The summed E-state index contributed by atoms with van der Waals surface area (Å²) in [5.74, 6) is 0.159. The number of hydrogen-bond acceptors (Lipinski definition) is 2. The highest BCUT2D eigenvalue weighted by atomic mass is 16.1. The van der Waals surface area contributed by atoms with E-state index in [9.17, 15) is 4.79 Å². The third-order valence-electron chi connectivity index (χ3n) is 3.54. The molecule has 2 N–H and O–H groups in total. The Morgan fingerprint density at radius 1 is 1.12 bits per heavy atom. The van der Waals surface area contributed by atoms with Crippen molar-refractivity contribution in [2.24, 2.45) is 0 Å². The lowest BCUT2D eigenvalue weighted by atomic mass is 10.0. The fourth-order valence-corrected chi connectivity index (χ4v) is 2.57. The second kappa shape index (κ2) is 6.04. The van der Waals surface area contributed by atoms with Crippen LogP contribution in [0.5, 0.6) is 0 Å². The number of hydrogen-bond donors (Lipinski definition) is 2. The van der Waals surface area contributed by atoms with E-state index in [-0.39, 0.29) is 5.91 Å². The fraction of sp³-hybridized carbons (Fsp3) is 0.769. The molecule has 0 aliphatic heterocycles. The molecule has 0 spiro atoms. The quantitative estimate of drug-likeness (QED) is 0.711. The van der Waals surface area contributed by atoms with Crippen LogP contribution in [0.1, 0.15) is 44.9 Å². The molecule has 0 saturated heterocycles. The zero-order chi connectivity index (χ0) is 11.2. The van der Waals surface area contributed by atoms with Crippen LogP contribution in [0.15, 0.2) is 12.2 Å². The summed E-state index contributed by atoms with van der Waals surface area (Å²) in [6, 6.07) is 0.944. The number of carbonyl (C=O) groups excluding carboxylic acids is 1. The molecule has 2 aliphatic rings. The zero-order valence-corrected chi connectivity index (χ0v) is 9.87. The minimum atomic E-state index is 0.159. The van der Waals surface area contributed by atoms with Gasteiger partial charge < -0.3 is 10.6 Å². The number of allylic oxidation sites excluding steroid dienone is 1. The van der Waals surface area contributed by atoms with Crippen LogP contribution in [0.4, 0.5) is 0 Å². The van der Waals surface area contributed by atoms with Gasteiger partial charge in [-0.2, -0.15) is 0 Å². The van der Waals surface area contributed by atoms with Crippen molar-refractivity contribution < 1.29 is 4.79 Å². The van der Waals surface area contributed by atoms with Gasteiger partial charge in [-0.25, -0.2) is 0 Å². The van der Waals surface area contributed by atoms with Crippen molar-refractivity contribution in [3.63, 3.8) is 0 Å². The lowest BCUT2D eigenvalue weighted by Gasteiger charge is -2.20. The molecule has 1 saturated carbocycles. The molecule has 1 amide bonds. The van der Waals surface area contributed by atoms with Gasteiger partial charge in [0.05, 0.1) is 6.54 Å². The van der Waals surface area contributed by atoms with E-state index in [0.29, 0.717) is 18.6 Å². The minimum Gasteiger partial charge on any atom is -0.352 e. The summed E-state index contributed by atoms with van der Waals surface area (Å²) >= 11 is 0. The second-order valence-corrected chi connectivity index (χ2v) is 4.91. The molecule has 1 fully saturated rings. The van der Waals surface area contributed by atoms with Crippen molar-refractivity contribution in [2.45, 2.75) is 57.0 Å². The van der Waals surface area contributed by atoms with Gasteiger partial charge >= 0.3 is 0 Å². The SMILES string of the molecule is O=C(CNC1CCCC1)NC1CC=CCC1. The van der Waals surface area contributed by atoms with Gasteiger partial charge in [0.1, 0.15) is 0 Å². The first-order valence-electron chi connectivity index (χ1n) is 6.52. The smallest absolute Gasteiger partial charge is 0.234 e. The molecule has 3 heteroatoms. The van der Waals surface area contributed by atoms with Crippen LogP contribution in [0.3, 0.4) is 0 Å². The van der Waals surface area contributed by atoms with Gasteiger partial charge in [0.15, 0.2) is 0 Å². The molecule has 2 rings (SSSR count). The standard InChI is InChI=1S/C13H22N2O/c16-13(10-14-11-6-4-5-7-11)15-12-8-2-1-3-9-12/h1-2,11-12,14H,3-10H2,(H,15,16). The van der Waals surface area contributed by atoms with E-state index < -0.39 is 0 Å². The first-order chi connectivity index (χ1) is 7.84. The molecule has 3 nitrogen and oxygen atoms in total.